The van der Waals surface area contributed by atoms with Crippen LogP contribution in [0.1, 0.15) is 11.0 Å². The number of hydrogen-bond donors (Lipinski definition) is 2. The lowest BCUT2D eigenvalue weighted by Gasteiger charge is -2.14. The second-order valence-electron chi connectivity index (χ2n) is 4.40. The standard InChI is InChI=1S/C14H17NO5S2/c1-19-10-5-6-12(20-2)14(8-10)22(17,18)15-9-11(16)13-4-3-7-21-13/h3-8,11,15-16H,9H2,1-2H3. The zero-order chi connectivity index (χ0) is 16.2. The van der Waals surface area contributed by atoms with E-state index in [1.165, 1.54) is 37.7 Å². The Morgan fingerprint density at radius 3 is 2.64 bits per heavy atom. The van der Waals surface area contributed by atoms with Crippen LogP contribution in [0.5, 0.6) is 11.5 Å². The summed E-state index contributed by atoms with van der Waals surface area (Å²) in [6.07, 6.45) is -0.897. The Balaban J connectivity index is 2.19. The molecular weight excluding hydrogens is 326 g/mol. The average molecular weight is 343 g/mol. The fourth-order valence-electron chi connectivity index (χ4n) is 1.84. The maximum absolute atomic E-state index is 12.4. The van der Waals surface area contributed by atoms with Gasteiger partial charge in [0, 0.05) is 17.5 Å². The molecule has 2 N–H and O–H groups in total. The minimum Gasteiger partial charge on any atom is -0.497 e. The zero-order valence-electron chi connectivity index (χ0n) is 12.1. The van der Waals surface area contributed by atoms with Gasteiger partial charge < -0.3 is 14.6 Å². The molecule has 2 rings (SSSR count). The topological polar surface area (TPSA) is 84.9 Å². The second-order valence-corrected chi connectivity index (χ2v) is 7.11. The van der Waals surface area contributed by atoms with E-state index in [9.17, 15) is 13.5 Å². The number of benzene rings is 1. The van der Waals surface area contributed by atoms with E-state index in [2.05, 4.69) is 4.72 Å². The minimum atomic E-state index is -3.83. The van der Waals surface area contributed by atoms with Crippen LogP contribution in [0.2, 0.25) is 0 Å². The van der Waals surface area contributed by atoms with Crippen LogP contribution in [-0.4, -0.2) is 34.3 Å². The molecule has 1 aromatic carbocycles. The maximum Gasteiger partial charge on any atom is 0.244 e. The van der Waals surface area contributed by atoms with Crippen molar-refractivity contribution in [2.75, 3.05) is 20.8 Å². The molecule has 120 valence electrons. The van der Waals surface area contributed by atoms with Crippen molar-refractivity contribution >= 4 is 21.4 Å². The molecule has 0 saturated carbocycles. The number of hydrogen-bond acceptors (Lipinski definition) is 6. The summed E-state index contributed by atoms with van der Waals surface area (Å²) in [6.45, 7) is -0.122. The van der Waals surface area contributed by atoms with Crippen molar-refractivity contribution in [2.45, 2.75) is 11.0 Å². The van der Waals surface area contributed by atoms with Gasteiger partial charge in [-0.15, -0.1) is 11.3 Å². The van der Waals surface area contributed by atoms with E-state index in [0.29, 0.717) is 10.6 Å². The SMILES string of the molecule is COc1ccc(OC)c(S(=O)(=O)NCC(O)c2cccs2)c1. The molecule has 0 fully saturated rings. The van der Waals surface area contributed by atoms with Crippen LogP contribution in [0.15, 0.2) is 40.6 Å². The number of methoxy groups -OCH3 is 2. The van der Waals surface area contributed by atoms with Gasteiger partial charge >= 0.3 is 0 Å². The van der Waals surface area contributed by atoms with E-state index in [1.807, 2.05) is 5.38 Å². The summed E-state index contributed by atoms with van der Waals surface area (Å²) in [5.41, 5.74) is 0. The highest BCUT2D eigenvalue weighted by Gasteiger charge is 2.22. The van der Waals surface area contributed by atoms with Crippen LogP contribution >= 0.6 is 11.3 Å². The van der Waals surface area contributed by atoms with Gasteiger partial charge in [-0.2, -0.15) is 0 Å². The molecule has 6 nitrogen and oxygen atoms in total. The molecule has 1 unspecified atom stereocenters. The smallest absolute Gasteiger partial charge is 0.244 e. The highest BCUT2D eigenvalue weighted by atomic mass is 32.2. The van der Waals surface area contributed by atoms with Crippen molar-refractivity contribution in [3.63, 3.8) is 0 Å². The van der Waals surface area contributed by atoms with Gasteiger partial charge in [-0.3, -0.25) is 0 Å². The first-order valence-corrected chi connectivity index (χ1v) is 8.77. The summed E-state index contributed by atoms with van der Waals surface area (Å²) in [7, 11) is -0.991. The minimum absolute atomic E-state index is 0.0345. The van der Waals surface area contributed by atoms with Crippen molar-refractivity contribution in [2.24, 2.45) is 0 Å². The second kappa shape index (κ2) is 7.10. The molecule has 0 aliphatic heterocycles. The molecular formula is C14H17NO5S2. The first-order chi connectivity index (χ1) is 10.5. The van der Waals surface area contributed by atoms with Crippen molar-refractivity contribution in [1.29, 1.82) is 0 Å². The molecule has 0 amide bonds. The fourth-order valence-corrected chi connectivity index (χ4v) is 3.77. The Morgan fingerprint density at radius 1 is 1.27 bits per heavy atom. The third-order valence-corrected chi connectivity index (χ3v) is 5.42. The first-order valence-electron chi connectivity index (χ1n) is 6.41. The summed E-state index contributed by atoms with van der Waals surface area (Å²) in [6, 6.07) is 8.04. The van der Waals surface area contributed by atoms with Gasteiger partial charge in [-0.1, -0.05) is 6.07 Å². The van der Waals surface area contributed by atoms with Crippen LogP contribution in [0.25, 0.3) is 0 Å². The van der Waals surface area contributed by atoms with Crippen molar-refractivity contribution in [3.05, 3.63) is 40.6 Å². The largest absolute Gasteiger partial charge is 0.497 e. The molecule has 0 aliphatic carbocycles. The Hall–Kier alpha value is -1.61. The Bertz CT molecular complexity index is 713. The third-order valence-electron chi connectivity index (χ3n) is 3.00. The number of ether oxygens (including phenoxy) is 2. The lowest BCUT2D eigenvalue weighted by Crippen LogP contribution is -2.28. The molecule has 0 spiro atoms. The van der Waals surface area contributed by atoms with Gasteiger partial charge in [0.05, 0.1) is 14.2 Å². The summed E-state index contributed by atoms with van der Waals surface area (Å²) >= 11 is 1.36. The van der Waals surface area contributed by atoms with Gasteiger partial charge in [0.1, 0.15) is 22.5 Å². The Kier molecular flexibility index (Phi) is 5.41. The number of thiophene rings is 1. The van der Waals surface area contributed by atoms with Crippen molar-refractivity contribution in [3.8, 4) is 11.5 Å². The fraction of sp³-hybridized carbons (Fsp3) is 0.286. The van der Waals surface area contributed by atoms with Gasteiger partial charge in [0.2, 0.25) is 10.0 Å². The Morgan fingerprint density at radius 2 is 2.05 bits per heavy atom. The van der Waals surface area contributed by atoms with Crippen LogP contribution < -0.4 is 14.2 Å². The predicted octanol–water partition coefficient (Wildman–Crippen LogP) is 1.78. The molecule has 1 heterocycles. The maximum atomic E-state index is 12.4. The summed E-state index contributed by atoms with van der Waals surface area (Å²) in [5, 5.41) is 11.8. The molecule has 0 bridgehead atoms. The van der Waals surface area contributed by atoms with E-state index in [1.54, 1.807) is 18.2 Å². The third kappa shape index (κ3) is 3.77. The van der Waals surface area contributed by atoms with Gasteiger partial charge in [0.25, 0.3) is 0 Å². The van der Waals surface area contributed by atoms with Crippen LogP contribution in [0.4, 0.5) is 0 Å². The number of rotatable bonds is 7. The molecule has 1 atom stereocenters. The van der Waals surface area contributed by atoms with E-state index in [-0.39, 0.29) is 17.2 Å². The van der Waals surface area contributed by atoms with E-state index < -0.39 is 16.1 Å². The zero-order valence-corrected chi connectivity index (χ0v) is 13.8. The summed E-state index contributed by atoms with van der Waals surface area (Å²) in [4.78, 5) is 0.660. The molecule has 0 saturated heterocycles. The molecule has 8 heteroatoms. The van der Waals surface area contributed by atoms with E-state index in [0.717, 1.165) is 0 Å². The quantitative estimate of drug-likeness (QED) is 0.800. The average Bonchev–Trinajstić information content (AvgIpc) is 3.06. The molecule has 1 aromatic heterocycles. The van der Waals surface area contributed by atoms with Crippen LogP contribution in [0.3, 0.4) is 0 Å². The number of nitrogens with one attached hydrogen (secondary N) is 1. The lowest BCUT2D eigenvalue weighted by atomic mass is 10.3. The van der Waals surface area contributed by atoms with Crippen LogP contribution in [-0.2, 0) is 10.0 Å². The highest BCUT2D eigenvalue weighted by Crippen LogP contribution is 2.28. The highest BCUT2D eigenvalue weighted by molar-refractivity contribution is 7.89. The molecule has 22 heavy (non-hydrogen) atoms. The number of sulfonamides is 1. The molecule has 0 aliphatic rings. The van der Waals surface area contributed by atoms with Crippen molar-refractivity contribution < 1.29 is 23.0 Å². The molecule has 2 aromatic rings. The van der Waals surface area contributed by atoms with Gasteiger partial charge in [0.15, 0.2) is 0 Å². The number of aliphatic hydroxyl groups is 1. The van der Waals surface area contributed by atoms with E-state index >= 15 is 0 Å². The normalized spacial score (nSPS) is 12.9. The van der Waals surface area contributed by atoms with Gasteiger partial charge in [-0.25, -0.2) is 13.1 Å². The summed E-state index contributed by atoms with van der Waals surface area (Å²) < 4.78 is 37.3. The van der Waals surface area contributed by atoms with Crippen LogP contribution in [0, 0.1) is 0 Å². The lowest BCUT2D eigenvalue weighted by molar-refractivity contribution is 0.185. The summed E-state index contributed by atoms with van der Waals surface area (Å²) in [5.74, 6) is 0.610. The number of aliphatic hydroxyl groups excluding tert-OH is 1. The van der Waals surface area contributed by atoms with Gasteiger partial charge in [-0.05, 0) is 23.6 Å². The Labute approximate surface area is 133 Å². The van der Waals surface area contributed by atoms with E-state index in [4.69, 9.17) is 9.47 Å². The predicted molar refractivity (Wildman–Crippen MR) is 84.0 cm³/mol. The van der Waals surface area contributed by atoms with Crippen molar-refractivity contribution in [1.82, 2.24) is 4.72 Å². The first kappa shape index (κ1) is 16.8. The molecule has 0 radical (unpaired) electrons. The monoisotopic (exact) mass is 343 g/mol.